The molecule has 0 saturated heterocycles. The van der Waals surface area contributed by atoms with Crippen molar-refractivity contribution in [2.45, 2.75) is 83.6 Å². The molecule has 24 heavy (non-hydrogen) atoms. The molecule has 0 bridgehead atoms. The van der Waals surface area contributed by atoms with Gasteiger partial charge in [0.25, 0.3) is 0 Å². The van der Waals surface area contributed by atoms with Gasteiger partial charge in [0, 0.05) is 6.04 Å². The molecule has 1 aromatic carbocycles. The molecule has 0 aliphatic heterocycles. The van der Waals surface area contributed by atoms with Crippen LogP contribution in [0.4, 0.5) is 0 Å². The van der Waals surface area contributed by atoms with Crippen LogP contribution in [0.1, 0.15) is 78.2 Å². The molecule has 1 aromatic rings. The molecule has 1 unspecified atom stereocenters. The zero-order chi connectivity index (χ0) is 18.0. The van der Waals surface area contributed by atoms with Crippen LogP contribution in [0.15, 0.2) is 29.2 Å². The maximum atomic E-state index is 12.6. The molecule has 0 aromatic heterocycles. The maximum absolute atomic E-state index is 12.6. The summed E-state index contributed by atoms with van der Waals surface area (Å²) in [4.78, 5) is 0.382. The number of hydrogen-bond acceptors (Lipinski definition) is 2. The molecule has 3 nitrogen and oxygen atoms in total. The van der Waals surface area contributed by atoms with Crippen molar-refractivity contribution in [3.63, 3.8) is 0 Å². The highest BCUT2D eigenvalue weighted by Gasteiger charge is 2.31. The van der Waals surface area contributed by atoms with Crippen molar-refractivity contribution >= 4 is 10.0 Å². The molecule has 4 heteroatoms. The van der Waals surface area contributed by atoms with Crippen LogP contribution >= 0.6 is 0 Å². The topological polar surface area (TPSA) is 46.2 Å². The van der Waals surface area contributed by atoms with Gasteiger partial charge >= 0.3 is 0 Å². The van der Waals surface area contributed by atoms with Gasteiger partial charge < -0.3 is 0 Å². The van der Waals surface area contributed by atoms with Gasteiger partial charge in [0.05, 0.1) is 4.90 Å². The van der Waals surface area contributed by atoms with Crippen molar-refractivity contribution in [3.05, 3.63) is 29.8 Å². The highest BCUT2D eigenvalue weighted by molar-refractivity contribution is 7.89. The fraction of sp³-hybridized carbons (Fsp3) is 0.700. The molecule has 1 saturated carbocycles. The van der Waals surface area contributed by atoms with Gasteiger partial charge in [-0.05, 0) is 67.1 Å². The van der Waals surface area contributed by atoms with Gasteiger partial charge in [0.2, 0.25) is 10.0 Å². The summed E-state index contributed by atoms with van der Waals surface area (Å²) in [6.45, 7) is 11.1. The van der Waals surface area contributed by atoms with E-state index in [1.807, 2.05) is 12.1 Å². The van der Waals surface area contributed by atoms with Gasteiger partial charge in [0.1, 0.15) is 0 Å². The third-order valence-electron chi connectivity index (χ3n) is 5.65. The molecule has 1 fully saturated rings. The maximum Gasteiger partial charge on any atom is 0.240 e. The summed E-state index contributed by atoms with van der Waals surface area (Å²) < 4.78 is 28.2. The molecule has 0 amide bonds. The molecule has 1 aliphatic rings. The minimum absolute atomic E-state index is 0.0721. The number of benzene rings is 1. The Balaban J connectivity index is 1.99. The Labute approximate surface area is 148 Å². The predicted molar refractivity (Wildman–Crippen MR) is 101 cm³/mol. The molecular weight excluding hydrogens is 318 g/mol. The minimum Gasteiger partial charge on any atom is -0.208 e. The van der Waals surface area contributed by atoms with E-state index in [1.165, 1.54) is 5.56 Å². The van der Waals surface area contributed by atoms with Crippen LogP contribution in [0.25, 0.3) is 0 Å². The lowest BCUT2D eigenvalue weighted by molar-refractivity contribution is 0.166. The Morgan fingerprint density at radius 1 is 1.08 bits per heavy atom. The van der Waals surface area contributed by atoms with Crippen molar-refractivity contribution in [2.24, 2.45) is 11.3 Å². The lowest BCUT2D eigenvalue weighted by atomic mass is 9.71. The fourth-order valence-corrected chi connectivity index (χ4v) is 4.88. The zero-order valence-corrected chi connectivity index (χ0v) is 16.6. The van der Waals surface area contributed by atoms with Crippen molar-refractivity contribution in [1.82, 2.24) is 4.72 Å². The predicted octanol–water partition coefficient (Wildman–Crippen LogP) is 5.08. The molecule has 2 rings (SSSR count). The smallest absolute Gasteiger partial charge is 0.208 e. The molecule has 136 valence electrons. The van der Waals surface area contributed by atoms with Gasteiger partial charge in [-0.25, -0.2) is 13.1 Å². The second-order valence-corrected chi connectivity index (χ2v) is 10.1. The summed E-state index contributed by atoms with van der Waals surface area (Å²) in [7, 11) is -3.41. The zero-order valence-electron chi connectivity index (χ0n) is 15.8. The first-order chi connectivity index (χ1) is 11.1. The Kier molecular flexibility index (Phi) is 6.14. The van der Waals surface area contributed by atoms with E-state index in [0.717, 1.165) is 32.1 Å². The Morgan fingerprint density at radius 3 is 2.08 bits per heavy atom. The van der Waals surface area contributed by atoms with E-state index in [0.29, 0.717) is 22.1 Å². The molecule has 0 radical (unpaired) electrons. The van der Waals surface area contributed by atoms with Crippen molar-refractivity contribution in [3.8, 4) is 0 Å². The van der Waals surface area contributed by atoms with E-state index in [2.05, 4.69) is 39.3 Å². The highest BCUT2D eigenvalue weighted by Crippen LogP contribution is 2.38. The summed E-state index contributed by atoms with van der Waals surface area (Å²) in [6, 6.07) is 7.44. The molecule has 0 spiro atoms. The number of nitrogens with one attached hydrogen (secondary N) is 1. The van der Waals surface area contributed by atoms with Crippen LogP contribution in [-0.2, 0) is 10.0 Å². The number of sulfonamides is 1. The van der Waals surface area contributed by atoms with E-state index in [9.17, 15) is 8.42 Å². The summed E-state index contributed by atoms with van der Waals surface area (Å²) in [5.41, 5.74) is 1.51. The van der Waals surface area contributed by atoms with E-state index >= 15 is 0 Å². The lowest BCUT2D eigenvalue weighted by Crippen LogP contribution is -2.39. The van der Waals surface area contributed by atoms with Crippen LogP contribution in [0, 0.1) is 11.3 Å². The van der Waals surface area contributed by atoms with E-state index in [1.54, 1.807) is 12.1 Å². The van der Waals surface area contributed by atoms with E-state index in [4.69, 9.17) is 0 Å². The van der Waals surface area contributed by atoms with E-state index in [-0.39, 0.29) is 6.04 Å². The Hall–Kier alpha value is -0.870. The Bertz CT molecular complexity index is 621. The largest absolute Gasteiger partial charge is 0.240 e. The minimum atomic E-state index is -3.41. The SMILES string of the molecule is CCC(C)c1ccc(S(=O)(=O)NC2CCC(C(C)(C)C)CC2)cc1. The summed E-state index contributed by atoms with van der Waals surface area (Å²) >= 11 is 0. The fourth-order valence-electron chi connectivity index (χ4n) is 3.58. The molecule has 0 heterocycles. The van der Waals surface area contributed by atoms with Crippen LogP contribution < -0.4 is 4.72 Å². The average molecular weight is 352 g/mol. The van der Waals surface area contributed by atoms with Crippen molar-refractivity contribution < 1.29 is 8.42 Å². The normalized spacial score (nSPS) is 23.9. The average Bonchev–Trinajstić information content (AvgIpc) is 2.53. The Morgan fingerprint density at radius 2 is 1.62 bits per heavy atom. The molecule has 1 atom stereocenters. The third kappa shape index (κ3) is 4.82. The van der Waals surface area contributed by atoms with Crippen LogP contribution in [0.3, 0.4) is 0 Å². The lowest BCUT2D eigenvalue weighted by Gasteiger charge is -2.37. The molecule has 1 aliphatic carbocycles. The molecule has 1 N–H and O–H groups in total. The second-order valence-electron chi connectivity index (χ2n) is 8.41. The number of hydrogen-bond donors (Lipinski definition) is 1. The quantitative estimate of drug-likeness (QED) is 0.804. The summed E-state index contributed by atoms with van der Waals surface area (Å²) in [5, 5.41) is 0. The first-order valence-corrected chi connectivity index (χ1v) is 10.7. The van der Waals surface area contributed by atoms with Crippen LogP contribution in [0.2, 0.25) is 0 Å². The first kappa shape index (κ1) is 19.5. The molecular formula is C20H33NO2S. The van der Waals surface area contributed by atoms with E-state index < -0.39 is 10.0 Å². The highest BCUT2D eigenvalue weighted by atomic mass is 32.2. The number of rotatable bonds is 5. The van der Waals surface area contributed by atoms with Crippen LogP contribution in [-0.4, -0.2) is 14.5 Å². The van der Waals surface area contributed by atoms with Gasteiger partial charge in [-0.3, -0.25) is 0 Å². The third-order valence-corrected chi connectivity index (χ3v) is 7.18. The van der Waals surface area contributed by atoms with Gasteiger partial charge in [0.15, 0.2) is 0 Å². The van der Waals surface area contributed by atoms with Gasteiger partial charge in [-0.15, -0.1) is 0 Å². The summed E-state index contributed by atoms with van der Waals surface area (Å²) in [5.74, 6) is 1.15. The van der Waals surface area contributed by atoms with Crippen molar-refractivity contribution in [2.75, 3.05) is 0 Å². The van der Waals surface area contributed by atoms with Gasteiger partial charge in [-0.1, -0.05) is 46.8 Å². The standard InChI is InChI=1S/C20H33NO2S/c1-6-15(2)16-7-13-19(14-8-16)24(22,23)21-18-11-9-17(10-12-18)20(3,4)5/h7-8,13-15,17-18,21H,6,9-12H2,1-5H3. The first-order valence-electron chi connectivity index (χ1n) is 9.25. The van der Waals surface area contributed by atoms with Gasteiger partial charge in [-0.2, -0.15) is 0 Å². The van der Waals surface area contributed by atoms with Crippen LogP contribution in [0.5, 0.6) is 0 Å². The summed E-state index contributed by atoms with van der Waals surface area (Å²) in [6.07, 6.45) is 5.13. The monoisotopic (exact) mass is 351 g/mol. The second kappa shape index (κ2) is 7.57. The van der Waals surface area contributed by atoms with Crippen molar-refractivity contribution in [1.29, 1.82) is 0 Å².